The molecule has 4 aliphatic carbocycles. The summed E-state index contributed by atoms with van der Waals surface area (Å²) >= 11 is 0. The fourth-order valence-electron chi connectivity index (χ4n) is 4.99. The zero-order chi connectivity index (χ0) is 10.5. The van der Waals surface area contributed by atoms with Gasteiger partial charge in [0.05, 0.1) is 7.85 Å². The average Bonchev–Trinajstić information content (AvgIpc) is 2.15. The van der Waals surface area contributed by atoms with Crippen LogP contribution in [0, 0.1) is 23.2 Å². The lowest BCUT2D eigenvalue weighted by atomic mass is 9.48. The van der Waals surface area contributed by atoms with E-state index in [1.54, 1.807) is 5.57 Å². The van der Waals surface area contributed by atoms with Crippen LogP contribution in [0.3, 0.4) is 0 Å². The Labute approximate surface area is 94.9 Å². The third kappa shape index (κ3) is 1.50. The first-order valence-electron chi connectivity index (χ1n) is 6.59. The van der Waals surface area contributed by atoms with Gasteiger partial charge in [-0.05, 0) is 68.6 Å². The lowest BCUT2D eigenvalue weighted by Crippen LogP contribution is -2.46. The molecule has 4 aliphatic rings. The van der Waals surface area contributed by atoms with Gasteiger partial charge in [0.15, 0.2) is 0 Å². The topological polar surface area (TPSA) is 0 Å². The van der Waals surface area contributed by atoms with Crippen molar-refractivity contribution >= 4 is 7.85 Å². The van der Waals surface area contributed by atoms with Crippen molar-refractivity contribution in [2.24, 2.45) is 23.2 Å². The molecule has 0 aromatic carbocycles. The van der Waals surface area contributed by atoms with E-state index in [1.807, 2.05) is 0 Å². The van der Waals surface area contributed by atoms with Crippen molar-refractivity contribution in [3.8, 4) is 0 Å². The molecule has 0 aromatic rings. The average molecular weight is 200 g/mol. The Morgan fingerprint density at radius 2 is 1.60 bits per heavy atom. The summed E-state index contributed by atoms with van der Waals surface area (Å²) in [5, 5.41) is 0. The maximum absolute atomic E-state index is 5.67. The second-order valence-electron chi connectivity index (χ2n) is 6.32. The summed E-state index contributed by atoms with van der Waals surface area (Å²) in [5.41, 5.74) is 2.21. The van der Waals surface area contributed by atoms with Crippen LogP contribution in [-0.2, 0) is 0 Å². The number of hydrogen-bond acceptors (Lipinski definition) is 0. The summed E-state index contributed by atoms with van der Waals surface area (Å²) in [5.74, 6) is 3.16. The first-order valence-corrected chi connectivity index (χ1v) is 6.59. The van der Waals surface area contributed by atoms with Crippen molar-refractivity contribution in [1.29, 1.82) is 0 Å². The van der Waals surface area contributed by atoms with Gasteiger partial charge in [-0.2, -0.15) is 0 Å². The predicted octanol–water partition coefficient (Wildman–Crippen LogP) is 3.74. The number of hydrogen-bond donors (Lipinski definition) is 0. The molecular weight excluding hydrogens is 179 g/mol. The van der Waals surface area contributed by atoms with Gasteiger partial charge in [0.25, 0.3) is 0 Å². The van der Waals surface area contributed by atoms with Gasteiger partial charge >= 0.3 is 0 Å². The van der Waals surface area contributed by atoms with Crippen molar-refractivity contribution in [1.82, 2.24) is 0 Å². The van der Waals surface area contributed by atoms with Gasteiger partial charge in [-0.3, -0.25) is 0 Å². The van der Waals surface area contributed by atoms with E-state index in [-0.39, 0.29) is 0 Å². The molecule has 0 saturated heterocycles. The third-order valence-electron chi connectivity index (χ3n) is 5.30. The van der Waals surface area contributed by atoms with E-state index >= 15 is 0 Å². The van der Waals surface area contributed by atoms with Crippen LogP contribution in [0.5, 0.6) is 0 Å². The second kappa shape index (κ2) is 3.40. The smallest absolute Gasteiger partial charge is 0.0708 e. The van der Waals surface area contributed by atoms with Crippen LogP contribution in [0.25, 0.3) is 0 Å². The highest BCUT2D eigenvalue weighted by atomic mass is 14.6. The van der Waals surface area contributed by atoms with E-state index in [4.69, 9.17) is 7.85 Å². The molecule has 4 fully saturated rings. The number of rotatable bonds is 2. The lowest BCUT2D eigenvalue weighted by molar-refractivity contribution is -0.0304. The van der Waals surface area contributed by atoms with Crippen LogP contribution >= 0.6 is 0 Å². The Bertz CT molecular complexity index is 254. The monoisotopic (exact) mass is 200 g/mol. The van der Waals surface area contributed by atoms with Crippen LogP contribution in [0.4, 0.5) is 0 Å². The van der Waals surface area contributed by atoms with E-state index in [9.17, 15) is 0 Å². The third-order valence-corrected chi connectivity index (χ3v) is 5.30. The van der Waals surface area contributed by atoms with Crippen molar-refractivity contribution in [3.63, 3.8) is 0 Å². The Morgan fingerprint density at radius 1 is 1.13 bits per heavy atom. The molecule has 80 valence electrons. The minimum Gasteiger partial charge on any atom is -0.0936 e. The first-order chi connectivity index (χ1) is 7.22. The van der Waals surface area contributed by atoms with Gasteiger partial charge in [-0.15, -0.1) is 0 Å². The summed E-state index contributed by atoms with van der Waals surface area (Å²) in [7, 11) is 5.67. The molecular formula is C14H21B. The SMILES string of the molecule is [B]C/C=C(\C)C12CC3CC(CC(C3)C1)C2. The summed E-state index contributed by atoms with van der Waals surface area (Å²) in [4.78, 5) is 0. The summed E-state index contributed by atoms with van der Waals surface area (Å²) in [6.45, 7) is 2.33. The van der Waals surface area contributed by atoms with Crippen LogP contribution < -0.4 is 0 Å². The van der Waals surface area contributed by atoms with Gasteiger partial charge in [0.2, 0.25) is 0 Å². The van der Waals surface area contributed by atoms with Gasteiger partial charge in [0.1, 0.15) is 0 Å². The maximum atomic E-state index is 5.67. The highest BCUT2D eigenvalue weighted by Crippen LogP contribution is 2.62. The van der Waals surface area contributed by atoms with E-state index in [0.29, 0.717) is 5.41 Å². The molecule has 0 unspecified atom stereocenters. The lowest BCUT2D eigenvalue weighted by Gasteiger charge is -2.57. The quantitative estimate of drug-likeness (QED) is 0.470. The van der Waals surface area contributed by atoms with Gasteiger partial charge in [0, 0.05) is 0 Å². The van der Waals surface area contributed by atoms with Crippen molar-refractivity contribution < 1.29 is 0 Å². The van der Waals surface area contributed by atoms with Crippen LogP contribution in [0.1, 0.15) is 45.4 Å². The summed E-state index contributed by atoms with van der Waals surface area (Å²) in [6, 6.07) is 0. The Kier molecular flexibility index (Phi) is 2.26. The first kappa shape index (κ1) is 9.99. The zero-order valence-electron chi connectivity index (χ0n) is 9.84. The summed E-state index contributed by atoms with van der Waals surface area (Å²) in [6.07, 6.45) is 12.0. The predicted molar refractivity (Wildman–Crippen MR) is 64.9 cm³/mol. The van der Waals surface area contributed by atoms with Gasteiger partial charge in [-0.1, -0.05) is 18.0 Å². The maximum Gasteiger partial charge on any atom is 0.0708 e. The molecule has 4 bridgehead atoms. The van der Waals surface area contributed by atoms with E-state index in [1.165, 1.54) is 38.5 Å². The Balaban J connectivity index is 1.89. The normalized spacial score (nSPS) is 48.6. The van der Waals surface area contributed by atoms with E-state index in [0.717, 1.165) is 24.1 Å². The standard InChI is InChI=1S/C14H21B/c1-10(2-3-15)14-7-11-4-12(8-14)6-13(5-11)9-14/h2,11-13H,3-9H2,1H3/b10-2+. The molecule has 0 heterocycles. The molecule has 0 aromatic heterocycles. The van der Waals surface area contributed by atoms with Crippen molar-refractivity contribution in [2.75, 3.05) is 0 Å². The van der Waals surface area contributed by atoms with Crippen molar-refractivity contribution in [2.45, 2.75) is 51.8 Å². The minimum absolute atomic E-state index is 0.591. The van der Waals surface area contributed by atoms with Crippen LogP contribution in [0.15, 0.2) is 11.6 Å². The minimum atomic E-state index is 0.591. The molecule has 15 heavy (non-hydrogen) atoms. The zero-order valence-corrected chi connectivity index (χ0v) is 9.84. The van der Waals surface area contributed by atoms with Gasteiger partial charge < -0.3 is 0 Å². The molecule has 1 heteroatoms. The highest BCUT2D eigenvalue weighted by Gasteiger charge is 2.51. The molecule has 4 saturated carbocycles. The Hall–Kier alpha value is -0.195. The molecule has 2 radical (unpaired) electrons. The summed E-state index contributed by atoms with van der Waals surface area (Å²) < 4.78 is 0. The molecule has 0 N–H and O–H groups in total. The molecule has 0 aliphatic heterocycles. The molecule has 0 atom stereocenters. The fraction of sp³-hybridized carbons (Fsp3) is 0.857. The van der Waals surface area contributed by atoms with Crippen molar-refractivity contribution in [3.05, 3.63) is 11.6 Å². The molecule has 0 spiro atoms. The van der Waals surface area contributed by atoms with Gasteiger partial charge in [-0.25, -0.2) is 0 Å². The molecule has 4 rings (SSSR count). The molecule has 0 amide bonds. The fourth-order valence-corrected chi connectivity index (χ4v) is 4.99. The second-order valence-corrected chi connectivity index (χ2v) is 6.32. The highest BCUT2D eigenvalue weighted by molar-refractivity contribution is 6.09. The number of allylic oxidation sites excluding steroid dienone is 2. The van der Waals surface area contributed by atoms with E-state index < -0.39 is 0 Å². The van der Waals surface area contributed by atoms with E-state index in [2.05, 4.69) is 13.0 Å². The Morgan fingerprint density at radius 3 is 2.00 bits per heavy atom. The molecule has 0 nitrogen and oxygen atoms in total. The largest absolute Gasteiger partial charge is 0.0936 e. The van der Waals surface area contributed by atoms with Crippen LogP contribution in [-0.4, -0.2) is 7.85 Å². The van der Waals surface area contributed by atoms with Crippen LogP contribution in [0.2, 0.25) is 6.32 Å².